The molecular formula is C39H51F2N5O9S. The summed E-state index contributed by atoms with van der Waals surface area (Å²) in [4.78, 5) is 62.9. The summed E-state index contributed by atoms with van der Waals surface area (Å²) in [6.45, 7) is 9.21. The van der Waals surface area contributed by atoms with Crippen molar-refractivity contribution in [3.63, 3.8) is 0 Å². The Hall–Kier alpha value is -4.54. The number of carboxylic acid groups (broad SMARTS) is 1. The molecule has 56 heavy (non-hydrogen) atoms. The topological polar surface area (TPSA) is 185 Å². The number of carbonyl (C=O) groups is 4. The number of halogens is 2. The number of pyridine rings is 1. The Morgan fingerprint density at radius 1 is 1.18 bits per heavy atom. The minimum atomic E-state index is -4.71. The maximum Gasteiger partial charge on any atom is 0.408 e. The summed E-state index contributed by atoms with van der Waals surface area (Å²) in [5.74, 6) is -4.23. The van der Waals surface area contributed by atoms with Crippen LogP contribution in [0.3, 0.4) is 0 Å². The second-order valence-corrected chi connectivity index (χ2v) is 19.1. The Morgan fingerprint density at radius 3 is 2.54 bits per heavy atom. The van der Waals surface area contributed by atoms with Crippen molar-refractivity contribution in [3.8, 4) is 11.6 Å². The van der Waals surface area contributed by atoms with Crippen molar-refractivity contribution in [2.45, 2.75) is 108 Å². The zero-order chi connectivity index (χ0) is 41.0. The van der Waals surface area contributed by atoms with Crippen molar-refractivity contribution < 1.29 is 51.0 Å². The number of fused-ring (bicyclic) bond motifs is 3. The number of amides is 4. The number of sulfonamides is 1. The van der Waals surface area contributed by atoms with E-state index in [1.807, 2.05) is 45.4 Å². The fourth-order valence-corrected chi connectivity index (χ4v) is 9.31. The number of ether oxygens (including phenoxy) is 2. The summed E-state index contributed by atoms with van der Waals surface area (Å²) in [5, 5.41) is 11.6. The smallest absolute Gasteiger partial charge is 0.408 e. The highest BCUT2D eigenvalue weighted by Crippen LogP contribution is 2.48. The highest BCUT2D eigenvalue weighted by Gasteiger charge is 2.64. The summed E-state index contributed by atoms with van der Waals surface area (Å²) in [6.07, 6.45) is 3.93. The number of aromatic nitrogens is 1. The predicted octanol–water partition coefficient (Wildman–Crippen LogP) is 4.92. The van der Waals surface area contributed by atoms with Crippen molar-refractivity contribution in [1.29, 1.82) is 0 Å². The highest BCUT2D eigenvalue weighted by molar-refractivity contribution is 7.91. The van der Waals surface area contributed by atoms with Gasteiger partial charge < -0.3 is 24.8 Å². The molecule has 4 aliphatic rings. The lowest BCUT2D eigenvalue weighted by atomic mass is 9.86. The van der Waals surface area contributed by atoms with E-state index in [4.69, 9.17) is 9.47 Å². The third kappa shape index (κ3) is 8.28. The van der Waals surface area contributed by atoms with E-state index in [9.17, 15) is 41.5 Å². The quantitative estimate of drug-likeness (QED) is 0.310. The third-order valence-corrected chi connectivity index (χ3v) is 13.1. The fourth-order valence-electron chi connectivity index (χ4n) is 8.06. The molecule has 4 amide bonds. The lowest BCUT2D eigenvalue weighted by Crippen LogP contribution is -2.60. The van der Waals surface area contributed by atoms with E-state index >= 15 is 0 Å². The zero-order valence-electron chi connectivity index (χ0n) is 32.5. The minimum Gasteiger partial charge on any atom is -0.494 e. The van der Waals surface area contributed by atoms with Crippen LogP contribution < -0.4 is 19.5 Å². The monoisotopic (exact) mass is 803 g/mol. The average molecular weight is 804 g/mol. The van der Waals surface area contributed by atoms with Crippen LogP contribution in [0.25, 0.3) is 10.8 Å². The molecule has 2 aliphatic carbocycles. The van der Waals surface area contributed by atoms with E-state index in [1.165, 1.54) is 30.3 Å². The first kappa shape index (κ1) is 41.1. The summed E-state index contributed by atoms with van der Waals surface area (Å²) < 4.78 is 68.6. The number of carbonyl (C=O) groups excluding carboxylic acids is 3. The fraction of sp³-hybridized carbons (Fsp3) is 0.615. The van der Waals surface area contributed by atoms with Crippen molar-refractivity contribution in [2.75, 3.05) is 20.2 Å². The zero-order valence-corrected chi connectivity index (χ0v) is 33.3. The van der Waals surface area contributed by atoms with Gasteiger partial charge in [0.25, 0.3) is 15.9 Å². The number of allylic oxidation sites excluding steroid dienone is 1. The van der Waals surface area contributed by atoms with E-state index < -0.39 is 85.6 Å². The molecule has 3 N–H and O–H groups in total. The first-order valence-electron chi connectivity index (χ1n) is 19.0. The van der Waals surface area contributed by atoms with Crippen LogP contribution in [-0.2, 0) is 24.4 Å². The van der Waals surface area contributed by atoms with Gasteiger partial charge in [0.15, 0.2) is 11.6 Å². The van der Waals surface area contributed by atoms with Crippen molar-refractivity contribution in [3.05, 3.63) is 42.4 Å². The average Bonchev–Trinajstić information content (AvgIpc) is 3.99. The maximum atomic E-state index is 15.0. The van der Waals surface area contributed by atoms with E-state index in [0.29, 0.717) is 30.0 Å². The van der Waals surface area contributed by atoms with Gasteiger partial charge in [0.05, 0.1) is 13.7 Å². The van der Waals surface area contributed by atoms with Crippen LogP contribution in [0.1, 0.15) is 79.6 Å². The normalized spacial score (nSPS) is 29.2. The Labute approximate surface area is 325 Å². The molecule has 17 heteroatoms. The minimum absolute atomic E-state index is 0.00853. The second kappa shape index (κ2) is 15.1. The maximum absolute atomic E-state index is 15.0. The van der Waals surface area contributed by atoms with Gasteiger partial charge in [-0.3, -0.25) is 19.3 Å². The molecule has 6 rings (SSSR count). The molecular weight excluding hydrogens is 753 g/mol. The van der Waals surface area contributed by atoms with E-state index in [2.05, 4.69) is 10.3 Å². The molecule has 0 unspecified atom stereocenters. The van der Waals surface area contributed by atoms with Gasteiger partial charge in [-0.15, -0.1) is 0 Å². The molecule has 1 aromatic heterocycles. The number of nitrogens with one attached hydrogen (secondary N) is 2. The molecule has 0 bridgehead atoms. The van der Waals surface area contributed by atoms with Gasteiger partial charge in [-0.05, 0) is 66.5 Å². The van der Waals surface area contributed by atoms with Crippen LogP contribution >= 0.6 is 0 Å². The Kier molecular flexibility index (Phi) is 11.1. The molecule has 2 aliphatic heterocycles. The number of alkyl halides is 1. The molecule has 7 atom stereocenters. The van der Waals surface area contributed by atoms with Crippen LogP contribution in [0.2, 0.25) is 0 Å². The molecule has 14 nitrogen and oxygen atoms in total. The van der Waals surface area contributed by atoms with Gasteiger partial charge in [-0.25, -0.2) is 31.7 Å². The van der Waals surface area contributed by atoms with Gasteiger partial charge in [0.1, 0.15) is 23.7 Å². The lowest BCUT2D eigenvalue weighted by Gasteiger charge is -2.40. The van der Waals surface area contributed by atoms with Crippen LogP contribution in [0.4, 0.5) is 13.6 Å². The van der Waals surface area contributed by atoms with Crippen molar-refractivity contribution in [1.82, 2.24) is 24.8 Å². The van der Waals surface area contributed by atoms with E-state index in [1.54, 1.807) is 12.1 Å². The molecule has 0 radical (unpaired) electrons. The van der Waals surface area contributed by atoms with Gasteiger partial charge >= 0.3 is 6.09 Å². The van der Waals surface area contributed by atoms with Crippen molar-refractivity contribution >= 4 is 44.6 Å². The first-order valence-corrected chi connectivity index (χ1v) is 20.5. The summed E-state index contributed by atoms with van der Waals surface area (Å²) in [6, 6.07) is 1.80. The van der Waals surface area contributed by atoms with Crippen LogP contribution in [0, 0.1) is 29.0 Å². The van der Waals surface area contributed by atoms with E-state index in [-0.39, 0.29) is 56.3 Å². The van der Waals surface area contributed by atoms with Gasteiger partial charge in [0, 0.05) is 43.3 Å². The number of hydrogen-bond acceptors (Lipinski definition) is 9. The number of hydrogen-bond donors (Lipinski definition) is 3. The summed E-state index contributed by atoms with van der Waals surface area (Å²) in [5.41, 5.74) is -2.30. The molecule has 0 spiro atoms. The highest BCUT2D eigenvalue weighted by atomic mass is 32.2. The molecule has 1 aromatic carbocycles. The SMILES string of the molecule is COc1cc2ccnc(O[C@@H]3C[C@H]4C(=O)N[C@]5(C(=O)NS(=O)(=O)C6(F)CC6)C[C@H]5C=CCC[C@@H](C)C[C@@H](C)[C@H](N(CC(C)(C)C)C(=O)O)C(=O)N4C3)c2cc1F. The molecule has 2 aromatic rings. The molecule has 3 heterocycles. The molecule has 2 saturated carbocycles. The number of benzene rings is 1. The van der Waals surface area contributed by atoms with Gasteiger partial charge in [-0.1, -0.05) is 46.8 Å². The molecule has 1 saturated heterocycles. The number of rotatable bonds is 8. The Morgan fingerprint density at radius 2 is 1.89 bits per heavy atom. The third-order valence-electron chi connectivity index (χ3n) is 11.2. The Balaban J connectivity index is 1.40. The Bertz CT molecular complexity index is 2040. The van der Waals surface area contributed by atoms with E-state index in [0.717, 1.165) is 4.90 Å². The van der Waals surface area contributed by atoms with Crippen LogP contribution in [0.15, 0.2) is 36.5 Å². The summed E-state index contributed by atoms with van der Waals surface area (Å²) >= 11 is 0. The first-order chi connectivity index (χ1) is 26.2. The summed E-state index contributed by atoms with van der Waals surface area (Å²) in [7, 11) is -3.37. The number of methoxy groups -OCH3 is 1. The predicted molar refractivity (Wildman–Crippen MR) is 201 cm³/mol. The second-order valence-electron chi connectivity index (χ2n) is 17.1. The van der Waals surface area contributed by atoms with Crippen molar-refractivity contribution in [2.24, 2.45) is 23.2 Å². The number of nitrogens with zero attached hydrogens (tertiary/aromatic N) is 3. The standard InChI is InChI=1S/C39H51F2N5O9S/c1-22-9-7-8-10-25-19-39(25,35(49)44-56(52,53)38(41)12-13-38)43-32(47)29-17-26(55-33-27-18-28(40)30(54-6)16-24(27)11-14-42-33)20-45(29)34(48)31(23(2)15-22)46(36(50)51)21-37(3,4)5/h8,10-11,14,16,18,22-23,25-26,29,31H,7,9,12-13,15,17,19-21H2,1-6H3,(H,43,47)(H,44,49)(H,50,51)/t22-,23-,25-,26-,29+,31+,39-/m1/s1. The van der Waals surface area contributed by atoms with Gasteiger partial charge in [-0.2, -0.15) is 0 Å². The lowest BCUT2D eigenvalue weighted by molar-refractivity contribution is -0.145. The molecule has 306 valence electrons. The van der Waals surface area contributed by atoms with Crippen LogP contribution in [-0.4, -0.2) is 101 Å². The van der Waals surface area contributed by atoms with Gasteiger partial charge in [0.2, 0.25) is 22.7 Å². The van der Waals surface area contributed by atoms with Crippen LogP contribution in [0.5, 0.6) is 11.6 Å². The largest absolute Gasteiger partial charge is 0.494 e. The molecule has 3 fully saturated rings.